The van der Waals surface area contributed by atoms with E-state index in [9.17, 15) is 4.79 Å². The van der Waals surface area contributed by atoms with E-state index in [1.54, 1.807) is 10.9 Å². The lowest BCUT2D eigenvalue weighted by Gasteiger charge is -1.96. The summed E-state index contributed by atoms with van der Waals surface area (Å²) in [7, 11) is 0. The molecular weight excluding hydrogens is 220 g/mol. The first-order valence-electron chi connectivity index (χ1n) is 4.94. The molecule has 0 saturated heterocycles. The van der Waals surface area contributed by atoms with Gasteiger partial charge in [0.2, 0.25) is 0 Å². The molecule has 0 aliphatic rings. The molecule has 0 aliphatic carbocycles. The molecule has 0 amide bonds. The van der Waals surface area contributed by atoms with E-state index in [4.69, 9.17) is 0 Å². The Hall–Kier alpha value is -2.50. The van der Waals surface area contributed by atoms with Crippen molar-refractivity contribution in [2.24, 2.45) is 5.16 Å². The number of rotatable bonds is 3. The number of para-hydroxylation sites is 1. The van der Waals surface area contributed by atoms with E-state index in [1.165, 1.54) is 13.1 Å². The summed E-state index contributed by atoms with van der Waals surface area (Å²) in [5.74, 6) is -0.475. The minimum absolute atomic E-state index is 0.475. The normalized spacial score (nSPS) is 10.6. The van der Waals surface area contributed by atoms with Gasteiger partial charge in [-0.15, -0.1) is 5.10 Å². The molecule has 0 saturated carbocycles. The van der Waals surface area contributed by atoms with E-state index in [0.717, 1.165) is 5.69 Å². The fraction of sp³-hybridized carbons (Fsp3) is 0.0909. The van der Waals surface area contributed by atoms with Crippen molar-refractivity contribution < 1.29 is 9.63 Å². The van der Waals surface area contributed by atoms with Gasteiger partial charge >= 0.3 is 5.97 Å². The molecule has 2 aromatic rings. The maximum Gasteiger partial charge on any atom is 0.331 e. The van der Waals surface area contributed by atoms with Crippen molar-refractivity contribution in [3.8, 4) is 5.69 Å². The van der Waals surface area contributed by atoms with Gasteiger partial charge in [0.15, 0.2) is 0 Å². The Morgan fingerprint density at radius 3 is 2.88 bits per heavy atom. The number of hydrogen-bond donors (Lipinski definition) is 0. The predicted molar refractivity (Wildman–Crippen MR) is 60.7 cm³/mol. The first-order chi connectivity index (χ1) is 8.25. The fourth-order valence-corrected chi connectivity index (χ4v) is 1.20. The summed E-state index contributed by atoms with van der Waals surface area (Å²) in [6.45, 7) is 1.28. The van der Waals surface area contributed by atoms with Crippen LogP contribution in [0.5, 0.6) is 0 Å². The topological polar surface area (TPSA) is 69.4 Å². The molecule has 17 heavy (non-hydrogen) atoms. The Morgan fingerprint density at radius 1 is 1.41 bits per heavy atom. The zero-order valence-electron chi connectivity index (χ0n) is 9.15. The average molecular weight is 230 g/mol. The van der Waals surface area contributed by atoms with E-state index >= 15 is 0 Å². The molecule has 0 unspecified atom stereocenters. The largest absolute Gasteiger partial charge is 0.331 e. The lowest BCUT2D eigenvalue weighted by atomic mass is 10.3. The van der Waals surface area contributed by atoms with E-state index in [-0.39, 0.29) is 0 Å². The summed E-state index contributed by atoms with van der Waals surface area (Å²) in [5, 5.41) is 11.2. The highest BCUT2D eigenvalue weighted by Gasteiger charge is 2.00. The van der Waals surface area contributed by atoms with Gasteiger partial charge in [-0.3, -0.25) is 0 Å². The summed E-state index contributed by atoms with van der Waals surface area (Å²) >= 11 is 0. The molecule has 0 bridgehead atoms. The highest BCUT2D eigenvalue weighted by molar-refractivity contribution is 5.77. The number of carbonyl (C=O) groups excluding carboxylic acids is 1. The molecule has 0 fully saturated rings. The Labute approximate surface area is 97.5 Å². The molecule has 86 valence electrons. The van der Waals surface area contributed by atoms with E-state index in [0.29, 0.717) is 5.69 Å². The van der Waals surface area contributed by atoms with Crippen LogP contribution in [0.1, 0.15) is 12.6 Å². The lowest BCUT2D eigenvalue weighted by molar-refractivity contribution is -0.140. The summed E-state index contributed by atoms with van der Waals surface area (Å²) < 4.78 is 1.61. The third-order valence-electron chi connectivity index (χ3n) is 1.90. The van der Waals surface area contributed by atoms with Crippen LogP contribution in [0.3, 0.4) is 0 Å². The van der Waals surface area contributed by atoms with Gasteiger partial charge in [0.25, 0.3) is 0 Å². The molecule has 6 nitrogen and oxygen atoms in total. The van der Waals surface area contributed by atoms with Crippen molar-refractivity contribution in [2.45, 2.75) is 6.92 Å². The second kappa shape index (κ2) is 5.02. The number of aromatic nitrogens is 3. The smallest absolute Gasteiger partial charge is 0.319 e. The SMILES string of the molecule is CC(=O)ON=Cc1cn(-c2ccccc2)nn1. The third kappa shape index (κ3) is 2.97. The predicted octanol–water partition coefficient (Wildman–Crippen LogP) is 1.16. The first kappa shape index (κ1) is 11.0. The molecule has 1 aromatic carbocycles. The van der Waals surface area contributed by atoms with Crippen LogP contribution >= 0.6 is 0 Å². The second-order valence-electron chi connectivity index (χ2n) is 3.24. The van der Waals surface area contributed by atoms with E-state index in [1.807, 2.05) is 30.3 Å². The van der Waals surface area contributed by atoms with Gasteiger partial charge in [-0.25, -0.2) is 9.48 Å². The molecule has 1 aromatic heterocycles. The summed E-state index contributed by atoms with van der Waals surface area (Å²) in [6.07, 6.45) is 3.01. The van der Waals surface area contributed by atoms with Crippen LogP contribution in [0.25, 0.3) is 5.69 Å². The van der Waals surface area contributed by atoms with Crippen LogP contribution < -0.4 is 0 Å². The van der Waals surface area contributed by atoms with Crippen LogP contribution in [0.2, 0.25) is 0 Å². The highest BCUT2D eigenvalue weighted by Crippen LogP contribution is 2.04. The Kier molecular flexibility index (Phi) is 3.25. The molecule has 1 heterocycles. The van der Waals surface area contributed by atoms with Crippen LogP contribution in [0.4, 0.5) is 0 Å². The van der Waals surface area contributed by atoms with Gasteiger partial charge in [0.1, 0.15) is 5.69 Å². The van der Waals surface area contributed by atoms with Gasteiger partial charge < -0.3 is 4.84 Å². The third-order valence-corrected chi connectivity index (χ3v) is 1.90. The number of hydrogen-bond acceptors (Lipinski definition) is 5. The molecular formula is C11H10N4O2. The van der Waals surface area contributed by atoms with Gasteiger partial charge in [0, 0.05) is 6.92 Å². The molecule has 2 rings (SSSR count). The van der Waals surface area contributed by atoms with Crippen LogP contribution in [-0.2, 0) is 9.63 Å². The monoisotopic (exact) mass is 230 g/mol. The fourth-order valence-electron chi connectivity index (χ4n) is 1.20. The molecule has 6 heteroatoms. The molecule has 0 atom stereocenters. The van der Waals surface area contributed by atoms with Crippen molar-refractivity contribution in [2.75, 3.05) is 0 Å². The Balaban J connectivity index is 2.11. The van der Waals surface area contributed by atoms with Gasteiger partial charge in [-0.05, 0) is 12.1 Å². The maximum atomic E-state index is 10.5. The summed E-state index contributed by atoms with van der Waals surface area (Å²) in [6, 6.07) is 9.54. The number of nitrogens with zero attached hydrogens (tertiary/aromatic N) is 4. The van der Waals surface area contributed by atoms with Crippen molar-refractivity contribution in [1.82, 2.24) is 15.0 Å². The van der Waals surface area contributed by atoms with Crippen LogP contribution in [0, 0.1) is 0 Å². The second-order valence-corrected chi connectivity index (χ2v) is 3.24. The molecule has 0 radical (unpaired) electrons. The molecule has 0 aliphatic heterocycles. The molecule has 0 N–H and O–H groups in total. The Morgan fingerprint density at radius 2 is 2.18 bits per heavy atom. The minimum Gasteiger partial charge on any atom is -0.319 e. The van der Waals surface area contributed by atoms with Gasteiger partial charge in [-0.1, -0.05) is 28.6 Å². The number of benzene rings is 1. The van der Waals surface area contributed by atoms with Crippen LogP contribution in [0.15, 0.2) is 41.7 Å². The zero-order chi connectivity index (χ0) is 12.1. The highest BCUT2D eigenvalue weighted by atomic mass is 16.7. The number of oxime groups is 1. The molecule has 0 spiro atoms. The van der Waals surface area contributed by atoms with Crippen molar-refractivity contribution >= 4 is 12.2 Å². The quantitative estimate of drug-likeness (QED) is 0.451. The standard InChI is InChI=1S/C11H10N4O2/c1-9(16)17-12-7-10-8-15(14-13-10)11-5-3-2-4-6-11/h2-8H,1H3. The van der Waals surface area contributed by atoms with Gasteiger partial charge in [0.05, 0.1) is 18.1 Å². The van der Waals surface area contributed by atoms with E-state index < -0.39 is 5.97 Å². The van der Waals surface area contributed by atoms with Crippen LogP contribution in [-0.4, -0.2) is 27.2 Å². The lowest BCUT2D eigenvalue weighted by Crippen LogP contribution is -1.93. The summed E-state index contributed by atoms with van der Waals surface area (Å²) in [5.41, 5.74) is 1.40. The van der Waals surface area contributed by atoms with Crippen molar-refractivity contribution in [3.05, 3.63) is 42.2 Å². The average Bonchev–Trinajstić information content (AvgIpc) is 2.78. The summed E-state index contributed by atoms with van der Waals surface area (Å²) in [4.78, 5) is 14.9. The van der Waals surface area contributed by atoms with E-state index in [2.05, 4.69) is 20.3 Å². The zero-order valence-corrected chi connectivity index (χ0v) is 9.15. The number of carbonyl (C=O) groups is 1. The van der Waals surface area contributed by atoms with Crippen molar-refractivity contribution in [3.63, 3.8) is 0 Å². The Bertz CT molecular complexity index is 533. The van der Waals surface area contributed by atoms with Gasteiger partial charge in [-0.2, -0.15) is 0 Å². The van der Waals surface area contributed by atoms with Crippen molar-refractivity contribution in [1.29, 1.82) is 0 Å². The maximum absolute atomic E-state index is 10.5. The minimum atomic E-state index is -0.475. The first-order valence-corrected chi connectivity index (χ1v) is 4.94.